The smallest absolute Gasteiger partial charge is 0.407 e. The van der Waals surface area contributed by atoms with Crippen molar-refractivity contribution in [1.29, 1.82) is 0 Å². The van der Waals surface area contributed by atoms with E-state index in [-0.39, 0.29) is 35.7 Å². The van der Waals surface area contributed by atoms with E-state index in [0.717, 1.165) is 112 Å². The van der Waals surface area contributed by atoms with Gasteiger partial charge in [0.25, 0.3) is 0 Å². The lowest BCUT2D eigenvalue weighted by atomic mass is 9.63. The van der Waals surface area contributed by atoms with E-state index in [9.17, 15) is 19.2 Å². The Bertz CT molecular complexity index is 2330. The maximum atomic E-state index is 14.2. The molecule has 0 spiro atoms. The highest BCUT2D eigenvalue weighted by Crippen LogP contribution is 2.54. The number of aromatic nitrogens is 2. The molecule has 67 heavy (non-hydrogen) atoms. The molecule has 5 aliphatic carbocycles. The van der Waals surface area contributed by atoms with Crippen molar-refractivity contribution < 1.29 is 28.7 Å². The van der Waals surface area contributed by atoms with Crippen LogP contribution in [-0.4, -0.2) is 94.9 Å². The van der Waals surface area contributed by atoms with Crippen molar-refractivity contribution in [1.82, 2.24) is 30.4 Å². The summed E-state index contributed by atoms with van der Waals surface area (Å²) in [7, 11) is 2.70. The molecule has 4 amide bonds. The Kier molecular flexibility index (Phi) is 14.5. The Morgan fingerprint density at radius 2 is 1.22 bits per heavy atom. The van der Waals surface area contributed by atoms with Crippen molar-refractivity contribution >= 4 is 35.3 Å². The molecular formula is C54H71N7O6. The van der Waals surface area contributed by atoms with E-state index in [1.807, 2.05) is 29.1 Å². The lowest BCUT2D eigenvalue weighted by molar-refractivity contribution is -0.136. The number of aromatic amines is 1. The summed E-state index contributed by atoms with van der Waals surface area (Å²) in [4.78, 5) is 70.5. The second-order valence-electron chi connectivity index (χ2n) is 20.3. The van der Waals surface area contributed by atoms with E-state index < -0.39 is 24.3 Å². The summed E-state index contributed by atoms with van der Waals surface area (Å²) in [5.41, 5.74) is 10.8. The third-order valence-electron chi connectivity index (χ3n) is 16.4. The fourth-order valence-corrected chi connectivity index (χ4v) is 12.8. The van der Waals surface area contributed by atoms with Crippen LogP contribution in [0.25, 0.3) is 28.0 Å². The Balaban J connectivity index is 0.921. The quantitative estimate of drug-likeness (QED) is 0.153. The number of amides is 4. The number of alkyl carbamates (subject to hydrolysis) is 2. The summed E-state index contributed by atoms with van der Waals surface area (Å²) < 4.78 is 9.89. The minimum Gasteiger partial charge on any atom is -0.453 e. The molecule has 2 aliphatic heterocycles. The Morgan fingerprint density at radius 3 is 1.84 bits per heavy atom. The third-order valence-corrected chi connectivity index (χ3v) is 16.4. The molecule has 13 heteroatoms. The maximum absolute atomic E-state index is 14.2. The van der Waals surface area contributed by atoms with Crippen LogP contribution in [0.2, 0.25) is 0 Å². The fraction of sp³-hybridized carbons (Fsp3) is 0.593. The normalized spacial score (nSPS) is 24.5. The molecule has 3 N–H and O–H groups in total. The van der Waals surface area contributed by atoms with Gasteiger partial charge in [-0.15, -0.1) is 0 Å². The molecule has 7 aliphatic rings. The highest BCUT2D eigenvalue weighted by atomic mass is 16.5. The minimum atomic E-state index is -0.599. The van der Waals surface area contributed by atoms with Crippen molar-refractivity contribution in [2.45, 2.75) is 165 Å². The van der Waals surface area contributed by atoms with Gasteiger partial charge in [0.05, 0.1) is 38.2 Å². The zero-order valence-corrected chi connectivity index (χ0v) is 40.1. The first-order chi connectivity index (χ1) is 32.6. The standard InChI is InChI=1S/C54H71N7O6/c1-33(31-55-34(2)44-17-11-29-60(44)51(62)48(58-53(64)66-3)39-13-7-5-8-14-39)41-27-28-42(47-38-25-23-37(24-26-38)46(41)47)35-19-21-36(22-20-35)43-32-56-50(57-43)45-18-12-30-61(45)52(63)49(59-54(65)67-4)40-15-9-6-10-16-40/h19-22,27-28,31-32,37-40,44-45,48-49H,5-18,23-26,29-30H2,1-4H3,(H,56,57)(H,58,64)(H,59,65)/b33-31+,55-34?/t37?,38?,44-,45+,48-,49-/m0/s1. The zero-order chi connectivity index (χ0) is 46.6. The number of nitrogens with one attached hydrogen (secondary N) is 3. The molecule has 13 nitrogen and oxygen atoms in total. The van der Waals surface area contributed by atoms with Gasteiger partial charge in [0.2, 0.25) is 11.8 Å². The van der Waals surface area contributed by atoms with Gasteiger partial charge in [-0.3, -0.25) is 14.6 Å². The molecular weight excluding hydrogens is 843 g/mol. The van der Waals surface area contributed by atoms with Crippen LogP contribution in [0.5, 0.6) is 0 Å². The number of nitrogens with zero attached hydrogens (tertiary/aromatic N) is 4. The van der Waals surface area contributed by atoms with Crippen molar-refractivity contribution in [3.63, 3.8) is 0 Å². The zero-order valence-electron chi connectivity index (χ0n) is 40.1. The fourth-order valence-electron chi connectivity index (χ4n) is 12.8. The van der Waals surface area contributed by atoms with Gasteiger partial charge >= 0.3 is 12.2 Å². The predicted molar refractivity (Wildman–Crippen MR) is 260 cm³/mol. The molecule has 5 fully saturated rings. The number of ether oxygens (including phenoxy) is 2. The van der Waals surface area contributed by atoms with Crippen LogP contribution >= 0.6 is 0 Å². The van der Waals surface area contributed by atoms with Gasteiger partial charge in [-0.05, 0) is 154 Å². The van der Waals surface area contributed by atoms with E-state index in [1.165, 1.54) is 74.1 Å². The summed E-state index contributed by atoms with van der Waals surface area (Å²) >= 11 is 0. The van der Waals surface area contributed by atoms with Crippen molar-refractivity contribution in [2.75, 3.05) is 27.3 Å². The summed E-state index contributed by atoms with van der Waals surface area (Å²) in [5.74, 6) is 1.98. The van der Waals surface area contributed by atoms with Crippen LogP contribution in [0.4, 0.5) is 9.59 Å². The molecule has 4 atom stereocenters. The number of carbonyl (C=O) groups excluding carboxylic acids is 4. The van der Waals surface area contributed by atoms with E-state index in [4.69, 9.17) is 19.5 Å². The van der Waals surface area contributed by atoms with Gasteiger partial charge in [-0.1, -0.05) is 74.9 Å². The summed E-state index contributed by atoms with van der Waals surface area (Å²) in [6.07, 6.45) is 21.4. The van der Waals surface area contributed by atoms with Crippen LogP contribution in [0, 0.1) is 11.8 Å². The average Bonchev–Trinajstić information content (AvgIpc) is 4.19. The number of allylic oxidation sites excluding steroid dienone is 1. The van der Waals surface area contributed by atoms with Gasteiger partial charge in [0, 0.05) is 25.0 Å². The number of carbonyl (C=O) groups is 4. The van der Waals surface area contributed by atoms with E-state index in [2.05, 4.69) is 58.9 Å². The number of hydrogen-bond donors (Lipinski definition) is 3. The first-order valence-electron chi connectivity index (χ1n) is 25.5. The molecule has 3 heterocycles. The molecule has 0 unspecified atom stereocenters. The van der Waals surface area contributed by atoms with Crippen LogP contribution in [0.3, 0.4) is 0 Å². The molecule has 3 aromatic rings. The Hall–Kier alpha value is -5.46. The molecule has 2 aromatic carbocycles. The third kappa shape index (κ3) is 9.79. The molecule has 1 aromatic heterocycles. The largest absolute Gasteiger partial charge is 0.453 e. The number of rotatable bonds is 12. The number of benzene rings is 2. The highest BCUT2D eigenvalue weighted by molar-refractivity contribution is 5.95. The van der Waals surface area contributed by atoms with Crippen molar-refractivity contribution in [2.24, 2.45) is 16.8 Å². The number of H-pyrrole nitrogens is 1. The molecule has 358 valence electrons. The number of hydrogen-bond acceptors (Lipinski definition) is 8. The number of imidazole rings is 1. The lowest BCUT2D eigenvalue weighted by Gasteiger charge is -2.41. The van der Waals surface area contributed by atoms with Crippen LogP contribution < -0.4 is 10.6 Å². The summed E-state index contributed by atoms with van der Waals surface area (Å²) in [5, 5.41) is 5.81. The minimum absolute atomic E-state index is 0.0165. The Labute approximate surface area is 396 Å². The van der Waals surface area contributed by atoms with Gasteiger partial charge in [-0.2, -0.15) is 0 Å². The predicted octanol–water partition coefficient (Wildman–Crippen LogP) is 10.6. The van der Waals surface area contributed by atoms with E-state index >= 15 is 0 Å². The van der Waals surface area contributed by atoms with Gasteiger partial charge in [0.1, 0.15) is 17.9 Å². The number of fused-ring (bicyclic) bond motifs is 2. The van der Waals surface area contributed by atoms with E-state index in [1.54, 1.807) is 0 Å². The molecule has 3 saturated carbocycles. The molecule has 10 rings (SSSR count). The summed E-state index contributed by atoms with van der Waals surface area (Å²) in [6, 6.07) is 12.0. The topological polar surface area (TPSA) is 158 Å². The average molecular weight is 914 g/mol. The van der Waals surface area contributed by atoms with Crippen molar-refractivity contribution in [3.05, 3.63) is 71.3 Å². The number of aliphatic imine (C=N–C) groups is 1. The molecule has 0 radical (unpaired) electrons. The molecule has 2 bridgehead atoms. The number of methoxy groups -OCH3 is 2. The Morgan fingerprint density at radius 1 is 0.672 bits per heavy atom. The first-order valence-corrected chi connectivity index (χ1v) is 25.5. The van der Waals surface area contributed by atoms with Gasteiger partial charge < -0.3 is 34.9 Å². The second kappa shape index (κ2) is 20.8. The maximum Gasteiger partial charge on any atom is 0.407 e. The monoisotopic (exact) mass is 914 g/mol. The van der Waals surface area contributed by atoms with Crippen molar-refractivity contribution in [3.8, 4) is 22.4 Å². The first kappa shape index (κ1) is 46.6. The lowest BCUT2D eigenvalue weighted by Crippen LogP contribution is -2.54. The molecule has 2 saturated heterocycles. The van der Waals surface area contributed by atoms with Crippen LogP contribution in [-0.2, 0) is 19.1 Å². The highest BCUT2D eigenvalue weighted by Gasteiger charge is 2.42. The summed E-state index contributed by atoms with van der Waals surface area (Å²) in [6.45, 7) is 5.51. The number of likely N-dealkylation sites (tertiary alicyclic amines) is 2. The SMILES string of the molecule is COC(=O)N[C@H](C(=O)N1CCC[C@@H]1c1ncc(-c2ccc(-c3ccc(/C(C)=C/N=C(C)[C@@H]4CCCN4C(=O)[C@@H](NC(=O)OC)C4CCCCC4)c4c3C3CCC4CC3)cc2)[nH]1)C1CCCCC1. The van der Waals surface area contributed by atoms with Crippen LogP contribution in [0.1, 0.15) is 170 Å². The van der Waals surface area contributed by atoms with Gasteiger partial charge in [0.15, 0.2) is 0 Å². The van der Waals surface area contributed by atoms with Gasteiger partial charge in [-0.25, -0.2) is 14.6 Å². The second-order valence-corrected chi connectivity index (χ2v) is 20.3. The van der Waals surface area contributed by atoms with E-state index in [0.29, 0.717) is 24.9 Å². The van der Waals surface area contributed by atoms with Crippen LogP contribution in [0.15, 0.2) is 53.8 Å².